The van der Waals surface area contributed by atoms with Gasteiger partial charge < -0.3 is 148 Å². The molecule has 0 saturated heterocycles. The van der Waals surface area contributed by atoms with Crippen LogP contribution in [0.5, 0.6) is 0 Å². The van der Waals surface area contributed by atoms with Gasteiger partial charge >= 0.3 is 89.5 Å². The molecule has 0 heterocycles. The largest absolute Gasteiger partial charge is 0.463 e. The first kappa shape index (κ1) is 128. The molecule has 45 heteroatoms. The maximum Gasteiger partial charge on any atom is 0.311 e. The van der Waals surface area contributed by atoms with Gasteiger partial charge in [-0.1, -0.05) is 6.92 Å². The topological polar surface area (TPSA) is 698 Å². The summed E-state index contributed by atoms with van der Waals surface area (Å²) < 4.78 is 83.8. The van der Waals surface area contributed by atoms with Crippen molar-refractivity contribution < 1.29 is 220 Å². The van der Waals surface area contributed by atoms with Crippen molar-refractivity contribution in [2.45, 2.75) is 214 Å². The molecule has 0 amide bonds. The molecule has 45 nitrogen and oxygen atoms in total. The zero-order chi connectivity index (χ0) is 106. The van der Waals surface area contributed by atoms with E-state index in [0.717, 1.165) is 62.3 Å². The number of aliphatic hydroxyl groups excluding tert-OH is 15. The van der Waals surface area contributed by atoms with E-state index >= 15 is 52.7 Å². The molecule has 0 bridgehead atoms. The molecule has 137 heavy (non-hydrogen) atoms. The van der Waals surface area contributed by atoms with Crippen molar-refractivity contribution in [3.05, 3.63) is 0 Å². The maximum atomic E-state index is 15.8. The van der Waals surface area contributed by atoms with Crippen molar-refractivity contribution in [3.8, 4) is 0 Å². The van der Waals surface area contributed by atoms with Crippen LogP contribution in [0.4, 0.5) is 0 Å². The summed E-state index contributed by atoms with van der Waals surface area (Å²) in [7, 11) is 0. The van der Waals surface area contributed by atoms with Crippen molar-refractivity contribution >= 4 is 89.5 Å². The number of aliphatic hydroxyl groups is 15. The van der Waals surface area contributed by atoms with Gasteiger partial charge in [0.15, 0.2) is 0 Å². The lowest BCUT2D eigenvalue weighted by atomic mass is 9.55. The van der Waals surface area contributed by atoms with Gasteiger partial charge in [0, 0.05) is 0 Å². The minimum absolute atomic E-state index is 0.0769. The number of hydrogen-bond acceptors (Lipinski definition) is 45. The number of rotatable bonds is 74. The number of ether oxygens (including phenoxy) is 15. The van der Waals surface area contributed by atoms with E-state index in [1.807, 2.05) is 0 Å². The van der Waals surface area contributed by atoms with E-state index in [0.29, 0.717) is 0 Å². The summed E-state index contributed by atoms with van der Waals surface area (Å²) in [5, 5.41) is 152. The van der Waals surface area contributed by atoms with E-state index in [1.165, 1.54) is 48.5 Å². The Morgan fingerprint density at radius 2 is 0.219 bits per heavy atom. The van der Waals surface area contributed by atoms with Crippen LogP contribution in [0.3, 0.4) is 0 Å². The van der Waals surface area contributed by atoms with Gasteiger partial charge in [-0.3, -0.25) is 71.9 Å². The van der Waals surface area contributed by atoms with Gasteiger partial charge in [-0.15, -0.1) is 0 Å². The summed E-state index contributed by atoms with van der Waals surface area (Å²) in [6.07, 6.45) is -13.2. The second-order valence-electron chi connectivity index (χ2n) is 39.5. The highest BCUT2D eigenvalue weighted by Crippen LogP contribution is 2.60. The Morgan fingerprint density at radius 1 is 0.139 bits per heavy atom. The Labute approximate surface area is 799 Å². The van der Waals surface area contributed by atoms with Gasteiger partial charge in [-0.05, 0) is 207 Å². The molecule has 0 fully saturated rings. The molecule has 0 aromatic heterocycles. The SMILES string of the molecule is CCC(C)(CC(C)(CC(C)(CC(C)(CC(C)(CC(C)(CC(C)(CC(C)(CC(C)(CC(C)(CC(C)(CC(C)(CC(C)(CC(C)(CC(C)(C)C(=O)OCCO)C(=O)OCCO)C(=O)OCCO)C(=O)OCCO)C(=O)OCCO)C(=O)OCCO)C(=O)OCCO)C(=O)OCCO)C(=O)OCCO)C(=O)OCCO)C(=O)OCCO)C(=O)OCCO)C(=O)OCCO)C(=O)OCCO)C(=O)OCCO. The van der Waals surface area contributed by atoms with Crippen LogP contribution in [0, 0.1) is 81.2 Å². The van der Waals surface area contributed by atoms with E-state index in [2.05, 4.69) is 0 Å². The summed E-state index contributed by atoms with van der Waals surface area (Å²) in [5.74, 6) is -19.3. The van der Waals surface area contributed by atoms with E-state index in [-0.39, 0.29) is 6.42 Å². The monoisotopic (exact) mass is 1980 g/mol. The lowest BCUT2D eigenvalue weighted by Crippen LogP contribution is -2.52. The molecular formula is C92H156O45. The predicted octanol–water partition coefficient (Wildman–Crippen LogP) is 0.00470. The van der Waals surface area contributed by atoms with Crippen molar-refractivity contribution in [3.63, 3.8) is 0 Å². The van der Waals surface area contributed by atoms with Crippen LogP contribution in [0.25, 0.3) is 0 Å². The van der Waals surface area contributed by atoms with Crippen molar-refractivity contribution in [1.29, 1.82) is 0 Å². The van der Waals surface area contributed by atoms with Crippen LogP contribution >= 0.6 is 0 Å². The van der Waals surface area contributed by atoms with Crippen LogP contribution in [-0.4, -0.2) is 364 Å². The third kappa shape index (κ3) is 38.4. The number of esters is 15. The molecule has 14 atom stereocenters. The summed E-state index contributed by atoms with van der Waals surface area (Å²) in [6.45, 7) is -3.29. The highest BCUT2D eigenvalue weighted by molar-refractivity contribution is 5.90. The van der Waals surface area contributed by atoms with Gasteiger partial charge in [-0.2, -0.15) is 0 Å². The Kier molecular flexibility index (Phi) is 55.0. The predicted molar refractivity (Wildman–Crippen MR) is 473 cm³/mol. The maximum absolute atomic E-state index is 15.8. The normalized spacial score (nSPS) is 17.9. The summed E-state index contributed by atoms with van der Waals surface area (Å²) in [5.41, 5.74) is -35.2. The first-order valence-corrected chi connectivity index (χ1v) is 45.4. The molecular weight excluding hydrogens is 1820 g/mol. The average Bonchev–Trinajstić information content (AvgIpc) is 0.748. The molecule has 0 aliphatic rings. The van der Waals surface area contributed by atoms with Gasteiger partial charge in [-0.25, -0.2) is 0 Å². The second-order valence-corrected chi connectivity index (χ2v) is 39.5. The number of carbonyl (C=O) groups is 15. The smallest absolute Gasteiger partial charge is 0.311 e. The molecule has 0 rings (SSSR count). The lowest BCUT2D eigenvalue weighted by Gasteiger charge is -2.48. The van der Waals surface area contributed by atoms with E-state index in [9.17, 15) is 95.8 Å². The molecule has 0 aliphatic carbocycles. The standard InChI is InChI=1S/C92H156O45/c1-18-79(4,64(109)124-35-20-94)50-81(6,66(111)126-37-22-96)52-83(8,68(113)128-39-24-98)54-85(10,70(115)130-41-26-100)56-87(12,72(117)132-43-28-102)58-89(14,74(119)134-45-30-104)60-91(16,76(121)136-47-32-106)62-92(17,77(122)137-48-33-107)61-90(15,75(120)135-46-31-105)59-88(13,73(118)133-44-29-103)57-86(11,71(116)131-42-27-101)55-84(9,69(114)129-40-25-99)53-82(7,67(112)127-38-23-97)51-80(5,65(110)125-36-21-95)49-78(2,3)63(108)123-34-19-93/h93-107H,18-62H2,1-17H3. The number of hydrogen-bond donors (Lipinski definition) is 15. The molecule has 15 N–H and O–H groups in total. The van der Waals surface area contributed by atoms with Crippen LogP contribution in [0.2, 0.25) is 0 Å². The first-order chi connectivity index (χ1) is 63.7. The lowest BCUT2D eigenvalue weighted by molar-refractivity contribution is -0.180. The zero-order valence-electron chi connectivity index (χ0n) is 82.8. The van der Waals surface area contributed by atoms with Crippen LogP contribution in [0.15, 0.2) is 0 Å². The summed E-state index contributed by atoms with van der Waals surface area (Å²) in [4.78, 5) is 228. The molecule has 0 spiro atoms. The van der Waals surface area contributed by atoms with E-state index < -0.39 is 459 Å². The van der Waals surface area contributed by atoms with Crippen molar-refractivity contribution in [2.75, 3.05) is 198 Å². The van der Waals surface area contributed by atoms with Crippen LogP contribution in [0.1, 0.15) is 214 Å². The molecule has 0 aromatic carbocycles. The summed E-state index contributed by atoms with van der Waals surface area (Å²) in [6, 6.07) is 0. The van der Waals surface area contributed by atoms with Crippen LogP contribution < -0.4 is 0 Å². The Hall–Kier alpha value is -8.55. The van der Waals surface area contributed by atoms with Gasteiger partial charge in [0.25, 0.3) is 0 Å². The highest BCUT2D eigenvalue weighted by atomic mass is 16.6. The van der Waals surface area contributed by atoms with Gasteiger partial charge in [0.2, 0.25) is 0 Å². The fourth-order valence-corrected chi connectivity index (χ4v) is 20.0. The Bertz CT molecular complexity index is 3730. The molecule has 14 unspecified atom stereocenters. The minimum atomic E-state index is -2.62. The summed E-state index contributed by atoms with van der Waals surface area (Å²) >= 11 is 0. The third-order valence-electron chi connectivity index (χ3n) is 24.1. The second kappa shape index (κ2) is 58.6. The first-order valence-electron chi connectivity index (χ1n) is 45.4. The number of carbonyl (C=O) groups excluding carboxylic acids is 15. The molecule has 0 aromatic rings. The Balaban J connectivity index is 10.4. The van der Waals surface area contributed by atoms with Crippen LogP contribution in [-0.2, 0) is 143 Å². The minimum Gasteiger partial charge on any atom is -0.463 e. The van der Waals surface area contributed by atoms with E-state index in [4.69, 9.17) is 71.1 Å². The average molecular weight is 1980 g/mol. The molecule has 0 aliphatic heterocycles. The molecule has 0 radical (unpaired) electrons. The third-order valence-corrected chi connectivity index (χ3v) is 24.1. The van der Waals surface area contributed by atoms with E-state index in [1.54, 1.807) is 6.92 Å². The highest BCUT2D eigenvalue weighted by Gasteiger charge is 2.64. The Morgan fingerprint density at radius 3 is 0.314 bits per heavy atom. The van der Waals surface area contributed by atoms with Gasteiger partial charge in [0.1, 0.15) is 99.1 Å². The van der Waals surface area contributed by atoms with Crippen molar-refractivity contribution in [2.24, 2.45) is 81.2 Å². The molecule has 794 valence electrons. The quantitative estimate of drug-likeness (QED) is 0.0282. The van der Waals surface area contributed by atoms with Gasteiger partial charge in [0.05, 0.1) is 180 Å². The molecule has 0 saturated carbocycles. The van der Waals surface area contributed by atoms with Crippen molar-refractivity contribution in [1.82, 2.24) is 0 Å². The zero-order valence-corrected chi connectivity index (χ0v) is 82.8. The fraction of sp³-hybridized carbons (Fsp3) is 0.837. The fourth-order valence-electron chi connectivity index (χ4n) is 20.0.